The average Bonchev–Trinajstić information content (AvgIpc) is 2.95. The Balaban J connectivity index is 1.81. The second-order valence-corrected chi connectivity index (χ2v) is 5.33. The van der Waals surface area contributed by atoms with E-state index in [-0.39, 0.29) is 11.8 Å². The number of anilines is 4. The Labute approximate surface area is 128 Å². The van der Waals surface area contributed by atoms with Gasteiger partial charge in [-0.1, -0.05) is 6.07 Å². The van der Waals surface area contributed by atoms with Crippen molar-refractivity contribution in [2.45, 2.75) is 12.5 Å². The van der Waals surface area contributed by atoms with Crippen LogP contribution < -0.4 is 21.3 Å². The number of hydrogen-bond donors (Lipinski definition) is 3. The molecule has 0 bridgehead atoms. The second-order valence-electron chi connectivity index (χ2n) is 5.33. The molecule has 2 heterocycles. The van der Waals surface area contributed by atoms with Crippen LogP contribution in [0.25, 0.3) is 0 Å². The Kier molecular flexibility index (Phi) is 4.06. The summed E-state index contributed by atoms with van der Waals surface area (Å²) in [6.07, 6.45) is 1.06. The molecule has 7 heteroatoms. The third kappa shape index (κ3) is 3.25. The molecule has 1 saturated heterocycles. The molecule has 0 unspecified atom stereocenters. The monoisotopic (exact) mass is 302 g/mol. The summed E-state index contributed by atoms with van der Waals surface area (Å²) >= 11 is 0. The van der Waals surface area contributed by atoms with Gasteiger partial charge in [0.25, 0.3) is 0 Å². The highest BCUT2D eigenvalue weighted by Crippen LogP contribution is 2.23. The van der Waals surface area contributed by atoms with Crippen molar-refractivity contribution in [3.05, 3.63) is 36.1 Å². The zero-order chi connectivity index (χ0) is 15.5. The van der Waals surface area contributed by atoms with Crippen LogP contribution in [0.2, 0.25) is 0 Å². The van der Waals surface area contributed by atoms with Crippen molar-refractivity contribution in [1.29, 1.82) is 0 Å². The fourth-order valence-corrected chi connectivity index (χ4v) is 2.60. The first-order valence-electron chi connectivity index (χ1n) is 7.23. The molecule has 0 spiro atoms. The molecule has 1 aliphatic rings. The number of aromatic nitrogens is 2. The topological polar surface area (TPSA) is 79.1 Å². The summed E-state index contributed by atoms with van der Waals surface area (Å²) in [7, 11) is 1.96. The van der Waals surface area contributed by atoms with Crippen molar-refractivity contribution in [2.24, 2.45) is 0 Å². The first kappa shape index (κ1) is 14.5. The van der Waals surface area contributed by atoms with Gasteiger partial charge >= 0.3 is 0 Å². The summed E-state index contributed by atoms with van der Waals surface area (Å²) in [6, 6.07) is 8.50. The van der Waals surface area contributed by atoms with E-state index in [1.54, 1.807) is 12.1 Å². The molecule has 2 aromatic rings. The minimum absolute atomic E-state index is 0.198. The summed E-state index contributed by atoms with van der Waals surface area (Å²) in [5, 5.41) is 6.33. The van der Waals surface area contributed by atoms with Gasteiger partial charge in [-0.2, -0.15) is 9.97 Å². The Hall–Kier alpha value is -2.41. The molecule has 0 saturated carbocycles. The fraction of sp³-hybridized carbons (Fsp3) is 0.333. The molecule has 4 N–H and O–H groups in total. The highest BCUT2D eigenvalue weighted by atomic mass is 19.1. The summed E-state index contributed by atoms with van der Waals surface area (Å²) in [5.41, 5.74) is 6.42. The molecule has 1 aromatic heterocycles. The van der Waals surface area contributed by atoms with Crippen molar-refractivity contribution >= 4 is 23.3 Å². The second kappa shape index (κ2) is 6.15. The SMILES string of the molecule is CN[C@H]1CCN(c2cc(Nc3cccc(F)c3)nc(N)n2)C1. The molecular weight excluding hydrogens is 283 g/mol. The van der Waals surface area contributed by atoms with Gasteiger partial charge in [0.05, 0.1) is 0 Å². The van der Waals surface area contributed by atoms with Crippen LogP contribution in [0.3, 0.4) is 0 Å². The van der Waals surface area contributed by atoms with E-state index in [4.69, 9.17) is 5.73 Å². The van der Waals surface area contributed by atoms with Gasteiger partial charge in [-0.05, 0) is 31.7 Å². The molecule has 22 heavy (non-hydrogen) atoms. The molecular formula is C15H19FN6. The zero-order valence-corrected chi connectivity index (χ0v) is 12.4. The van der Waals surface area contributed by atoms with Crippen LogP contribution in [0.4, 0.5) is 27.7 Å². The van der Waals surface area contributed by atoms with E-state index in [0.717, 1.165) is 25.3 Å². The quantitative estimate of drug-likeness (QED) is 0.798. The zero-order valence-electron chi connectivity index (χ0n) is 12.4. The molecule has 1 aliphatic heterocycles. The lowest BCUT2D eigenvalue weighted by atomic mass is 10.3. The lowest BCUT2D eigenvalue weighted by molar-refractivity contribution is 0.616. The van der Waals surface area contributed by atoms with Gasteiger partial charge in [-0.25, -0.2) is 4.39 Å². The van der Waals surface area contributed by atoms with E-state index in [2.05, 4.69) is 25.5 Å². The Bertz CT molecular complexity index is 662. The normalized spacial score (nSPS) is 17.7. The Morgan fingerprint density at radius 3 is 2.91 bits per heavy atom. The van der Waals surface area contributed by atoms with Crippen molar-refractivity contribution in [3.8, 4) is 0 Å². The van der Waals surface area contributed by atoms with Crippen LogP contribution in [0, 0.1) is 5.82 Å². The number of rotatable bonds is 4. The highest BCUT2D eigenvalue weighted by Gasteiger charge is 2.22. The van der Waals surface area contributed by atoms with E-state index in [0.29, 0.717) is 17.5 Å². The van der Waals surface area contributed by atoms with Crippen LogP contribution in [-0.4, -0.2) is 36.1 Å². The number of likely N-dealkylation sites (N-methyl/N-ethyl adjacent to an activating group) is 1. The summed E-state index contributed by atoms with van der Waals surface area (Å²) in [5.74, 6) is 1.23. The van der Waals surface area contributed by atoms with Crippen molar-refractivity contribution in [3.63, 3.8) is 0 Å². The minimum Gasteiger partial charge on any atom is -0.368 e. The molecule has 6 nitrogen and oxygen atoms in total. The van der Waals surface area contributed by atoms with Gasteiger partial charge in [0.1, 0.15) is 17.5 Å². The summed E-state index contributed by atoms with van der Waals surface area (Å²) in [6.45, 7) is 1.80. The van der Waals surface area contributed by atoms with Crippen molar-refractivity contribution in [2.75, 3.05) is 36.1 Å². The summed E-state index contributed by atoms with van der Waals surface area (Å²) < 4.78 is 13.2. The number of nitrogens with one attached hydrogen (secondary N) is 2. The highest BCUT2D eigenvalue weighted by molar-refractivity contribution is 5.61. The van der Waals surface area contributed by atoms with Crippen LogP contribution in [0.1, 0.15) is 6.42 Å². The third-order valence-corrected chi connectivity index (χ3v) is 3.75. The molecule has 0 aliphatic carbocycles. The molecule has 1 fully saturated rings. The molecule has 1 aromatic carbocycles. The maximum atomic E-state index is 13.2. The largest absolute Gasteiger partial charge is 0.368 e. The average molecular weight is 302 g/mol. The third-order valence-electron chi connectivity index (χ3n) is 3.75. The lowest BCUT2D eigenvalue weighted by Crippen LogP contribution is -2.30. The molecule has 1 atom stereocenters. The fourth-order valence-electron chi connectivity index (χ4n) is 2.60. The van der Waals surface area contributed by atoms with Gasteiger partial charge in [-0.15, -0.1) is 0 Å². The maximum absolute atomic E-state index is 13.2. The van der Waals surface area contributed by atoms with Crippen molar-refractivity contribution < 1.29 is 4.39 Å². The molecule has 0 amide bonds. The number of benzene rings is 1. The van der Waals surface area contributed by atoms with Gasteiger partial charge in [-0.3, -0.25) is 0 Å². The van der Waals surface area contributed by atoms with Gasteiger partial charge in [0.2, 0.25) is 5.95 Å². The van der Waals surface area contributed by atoms with Crippen molar-refractivity contribution in [1.82, 2.24) is 15.3 Å². The smallest absolute Gasteiger partial charge is 0.223 e. The van der Waals surface area contributed by atoms with Gasteiger partial charge < -0.3 is 21.3 Å². The molecule has 116 valence electrons. The molecule has 0 radical (unpaired) electrons. The lowest BCUT2D eigenvalue weighted by Gasteiger charge is -2.18. The van der Waals surface area contributed by atoms with Crippen LogP contribution in [0.5, 0.6) is 0 Å². The standard InChI is InChI=1S/C15H19FN6/c1-18-12-5-6-22(9-12)14-8-13(20-15(17)21-14)19-11-4-2-3-10(16)7-11/h2-4,7-8,12,18H,5-6,9H2,1H3,(H3,17,19,20,21)/t12-/m0/s1. The van der Waals surface area contributed by atoms with E-state index >= 15 is 0 Å². The number of halogens is 1. The number of nitrogens with two attached hydrogens (primary N) is 1. The predicted molar refractivity (Wildman–Crippen MR) is 85.8 cm³/mol. The Morgan fingerprint density at radius 2 is 2.18 bits per heavy atom. The summed E-state index contributed by atoms with van der Waals surface area (Å²) in [4.78, 5) is 10.6. The predicted octanol–water partition coefficient (Wildman–Crippen LogP) is 1.74. The van der Waals surface area contributed by atoms with E-state index in [1.807, 2.05) is 13.1 Å². The van der Waals surface area contributed by atoms with E-state index in [9.17, 15) is 4.39 Å². The van der Waals surface area contributed by atoms with E-state index < -0.39 is 0 Å². The first-order chi connectivity index (χ1) is 10.6. The van der Waals surface area contributed by atoms with Gasteiger partial charge in [0.15, 0.2) is 0 Å². The minimum atomic E-state index is -0.302. The number of nitrogens with zero attached hydrogens (tertiary/aromatic N) is 3. The van der Waals surface area contributed by atoms with E-state index in [1.165, 1.54) is 12.1 Å². The van der Waals surface area contributed by atoms with Crippen LogP contribution in [0.15, 0.2) is 30.3 Å². The van der Waals surface area contributed by atoms with Crippen LogP contribution >= 0.6 is 0 Å². The van der Waals surface area contributed by atoms with Gasteiger partial charge in [0, 0.05) is 30.9 Å². The Morgan fingerprint density at radius 1 is 1.32 bits per heavy atom. The number of hydrogen-bond acceptors (Lipinski definition) is 6. The molecule has 3 rings (SSSR count). The van der Waals surface area contributed by atoms with Crippen LogP contribution in [-0.2, 0) is 0 Å². The maximum Gasteiger partial charge on any atom is 0.223 e. The first-order valence-corrected chi connectivity index (χ1v) is 7.23. The number of nitrogen functional groups attached to an aromatic ring is 1.